The Labute approximate surface area is 168 Å². The lowest BCUT2D eigenvalue weighted by Gasteiger charge is -2.32. The highest BCUT2D eigenvalue weighted by molar-refractivity contribution is 7.20. The molecule has 0 bridgehead atoms. The Balaban J connectivity index is 1.51. The van der Waals surface area contributed by atoms with Gasteiger partial charge in [-0.2, -0.15) is 5.10 Å². The molecule has 0 aliphatic carbocycles. The van der Waals surface area contributed by atoms with E-state index >= 15 is 0 Å². The van der Waals surface area contributed by atoms with Crippen molar-refractivity contribution in [3.8, 4) is 16.2 Å². The number of ether oxygens (including phenoxy) is 1. The zero-order valence-electron chi connectivity index (χ0n) is 16.6. The van der Waals surface area contributed by atoms with Gasteiger partial charge in [0.25, 0.3) is 0 Å². The molecule has 28 heavy (non-hydrogen) atoms. The maximum atomic E-state index is 5.58. The highest BCUT2D eigenvalue weighted by Gasteiger charge is 2.26. The Morgan fingerprint density at radius 1 is 1.14 bits per heavy atom. The van der Waals surface area contributed by atoms with Crippen LogP contribution in [0.4, 0.5) is 0 Å². The van der Waals surface area contributed by atoms with Crippen LogP contribution in [0.1, 0.15) is 38.3 Å². The molecule has 4 heterocycles. The number of thiazole rings is 1. The SMILES string of the molecule is COc1cc(-c2cn3cc(C4CC(C)N[C@H](C)C4)nc3s2)cc2cn(C)nc12. The molecule has 3 aromatic heterocycles. The van der Waals surface area contributed by atoms with Crippen molar-refractivity contribution in [3.05, 3.63) is 36.4 Å². The van der Waals surface area contributed by atoms with Crippen molar-refractivity contribution in [3.63, 3.8) is 0 Å². The minimum absolute atomic E-state index is 0.536. The van der Waals surface area contributed by atoms with Crippen molar-refractivity contribution in [2.75, 3.05) is 7.11 Å². The normalized spacial score (nSPS) is 22.9. The number of fused-ring (bicyclic) bond motifs is 2. The molecule has 146 valence electrons. The molecule has 3 atom stereocenters. The summed E-state index contributed by atoms with van der Waals surface area (Å²) in [5.74, 6) is 1.34. The number of benzene rings is 1. The molecule has 7 heteroatoms. The van der Waals surface area contributed by atoms with E-state index in [0.29, 0.717) is 18.0 Å². The summed E-state index contributed by atoms with van der Waals surface area (Å²) in [5, 5.41) is 9.20. The fourth-order valence-corrected chi connectivity index (χ4v) is 5.44. The van der Waals surface area contributed by atoms with Gasteiger partial charge >= 0.3 is 0 Å². The molecule has 1 N–H and O–H groups in total. The number of piperidine rings is 1. The molecule has 4 aromatic rings. The average Bonchev–Trinajstić information content (AvgIpc) is 3.31. The number of rotatable bonds is 3. The van der Waals surface area contributed by atoms with E-state index in [0.717, 1.165) is 40.0 Å². The molecular weight excluding hydrogens is 370 g/mol. The number of hydrogen-bond acceptors (Lipinski definition) is 5. The quantitative estimate of drug-likeness (QED) is 0.565. The molecule has 1 aliphatic heterocycles. The smallest absolute Gasteiger partial charge is 0.194 e. The first-order valence-corrected chi connectivity index (χ1v) is 10.6. The average molecular weight is 396 g/mol. The van der Waals surface area contributed by atoms with Crippen molar-refractivity contribution in [2.24, 2.45) is 7.05 Å². The van der Waals surface area contributed by atoms with Gasteiger partial charge < -0.3 is 10.1 Å². The lowest BCUT2D eigenvalue weighted by molar-refractivity contribution is 0.314. The minimum Gasteiger partial charge on any atom is -0.494 e. The number of methoxy groups -OCH3 is 1. The summed E-state index contributed by atoms with van der Waals surface area (Å²) in [6, 6.07) is 5.33. The Hall–Kier alpha value is -2.38. The van der Waals surface area contributed by atoms with Crippen LogP contribution in [0.15, 0.2) is 30.7 Å². The molecular formula is C21H25N5OS. The number of hydrogen-bond donors (Lipinski definition) is 1. The third-order valence-electron chi connectivity index (χ3n) is 5.63. The maximum absolute atomic E-state index is 5.58. The summed E-state index contributed by atoms with van der Waals surface area (Å²) in [7, 11) is 3.63. The molecule has 6 nitrogen and oxygen atoms in total. The van der Waals surface area contributed by atoms with E-state index in [1.165, 1.54) is 10.6 Å². The number of aryl methyl sites for hydroxylation is 1. The molecule has 1 fully saturated rings. The number of imidazole rings is 1. The summed E-state index contributed by atoms with van der Waals surface area (Å²) < 4.78 is 9.58. The standard InChI is InChI=1S/C21H25N5OS/c1-12-5-14(6-13(2)22-12)17-10-26-11-19(28-21(26)23-17)15-7-16-9-25(3)24-20(16)18(8-15)27-4/h7-14,22H,5-6H2,1-4H3/t12-,13?,14?/m1/s1. The fraction of sp³-hybridized carbons (Fsp3) is 0.429. The molecule has 0 amide bonds. The van der Waals surface area contributed by atoms with Gasteiger partial charge in [0, 0.05) is 49.0 Å². The lowest BCUT2D eigenvalue weighted by Crippen LogP contribution is -2.41. The Kier molecular flexibility index (Phi) is 4.17. The first-order valence-electron chi connectivity index (χ1n) is 9.76. The first kappa shape index (κ1) is 17.7. The van der Waals surface area contributed by atoms with Gasteiger partial charge in [-0.25, -0.2) is 4.98 Å². The zero-order chi connectivity index (χ0) is 19.4. The predicted octanol–water partition coefficient (Wildman–Crippen LogP) is 4.20. The van der Waals surface area contributed by atoms with Gasteiger partial charge in [0.05, 0.1) is 17.7 Å². The second kappa shape index (κ2) is 6.60. The van der Waals surface area contributed by atoms with Crippen LogP contribution >= 0.6 is 11.3 Å². The second-order valence-corrected chi connectivity index (χ2v) is 9.02. The summed E-state index contributed by atoms with van der Waals surface area (Å²) in [6.45, 7) is 4.53. The Morgan fingerprint density at radius 3 is 2.64 bits per heavy atom. The van der Waals surface area contributed by atoms with E-state index in [9.17, 15) is 0 Å². The maximum Gasteiger partial charge on any atom is 0.194 e. The third kappa shape index (κ3) is 2.99. The Morgan fingerprint density at radius 2 is 1.93 bits per heavy atom. The van der Waals surface area contributed by atoms with Crippen molar-refractivity contribution in [2.45, 2.75) is 44.7 Å². The molecule has 0 spiro atoms. The van der Waals surface area contributed by atoms with Crippen molar-refractivity contribution < 1.29 is 4.74 Å². The number of nitrogens with one attached hydrogen (secondary N) is 1. The zero-order valence-corrected chi connectivity index (χ0v) is 17.5. The molecule has 2 unspecified atom stereocenters. The van der Waals surface area contributed by atoms with Crippen LogP contribution in [-0.4, -0.2) is 38.4 Å². The molecule has 1 aliphatic rings. The monoisotopic (exact) mass is 395 g/mol. The van der Waals surface area contributed by atoms with Crippen LogP contribution in [0.5, 0.6) is 5.75 Å². The second-order valence-electron chi connectivity index (χ2n) is 8.01. The van der Waals surface area contributed by atoms with Gasteiger partial charge in [0.15, 0.2) is 4.96 Å². The van der Waals surface area contributed by atoms with Crippen LogP contribution in [0.2, 0.25) is 0 Å². The van der Waals surface area contributed by atoms with Crippen LogP contribution in [0, 0.1) is 0 Å². The highest BCUT2D eigenvalue weighted by Crippen LogP contribution is 2.36. The first-order chi connectivity index (χ1) is 13.5. The molecule has 1 aromatic carbocycles. The van der Waals surface area contributed by atoms with Gasteiger partial charge in [-0.1, -0.05) is 11.3 Å². The van der Waals surface area contributed by atoms with Gasteiger partial charge in [-0.3, -0.25) is 9.08 Å². The minimum atomic E-state index is 0.536. The van der Waals surface area contributed by atoms with Gasteiger partial charge in [0.1, 0.15) is 11.3 Å². The molecule has 0 saturated carbocycles. The van der Waals surface area contributed by atoms with Gasteiger partial charge in [-0.15, -0.1) is 0 Å². The Bertz CT molecular complexity index is 1120. The van der Waals surface area contributed by atoms with E-state index in [-0.39, 0.29) is 0 Å². The van der Waals surface area contributed by atoms with Crippen molar-refractivity contribution >= 4 is 27.2 Å². The highest BCUT2D eigenvalue weighted by atomic mass is 32.1. The van der Waals surface area contributed by atoms with Crippen molar-refractivity contribution in [1.29, 1.82) is 0 Å². The van der Waals surface area contributed by atoms with Gasteiger partial charge in [0.2, 0.25) is 0 Å². The molecule has 1 saturated heterocycles. The van der Waals surface area contributed by atoms with E-state index in [2.05, 4.69) is 53.2 Å². The van der Waals surface area contributed by atoms with Crippen LogP contribution in [0.25, 0.3) is 26.3 Å². The van der Waals surface area contributed by atoms with Gasteiger partial charge in [-0.05, 0) is 44.4 Å². The van der Waals surface area contributed by atoms with E-state index in [4.69, 9.17) is 9.72 Å². The summed E-state index contributed by atoms with van der Waals surface area (Å²) in [5.41, 5.74) is 3.25. The number of nitrogens with zero attached hydrogens (tertiary/aromatic N) is 4. The summed E-state index contributed by atoms with van der Waals surface area (Å²) >= 11 is 1.72. The number of aromatic nitrogens is 4. The van der Waals surface area contributed by atoms with E-state index in [1.807, 2.05) is 17.9 Å². The topological polar surface area (TPSA) is 56.4 Å². The summed E-state index contributed by atoms with van der Waals surface area (Å²) in [4.78, 5) is 7.20. The van der Waals surface area contributed by atoms with E-state index in [1.54, 1.807) is 18.4 Å². The lowest BCUT2D eigenvalue weighted by atomic mass is 9.87. The fourth-order valence-electron chi connectivity index (χ4n) is 4.48. The van der Waals surface area contributed by atoms with Crippen LogP contribution in [-0.2, 0) is 7.05 Å². The van der Waals surface area contributed by atoms with Crippen LogP contribution < -0.4 is 10.1 Å². The predicted molar refractivity (Wildman–Crippen MR) is 113 cm³/mol. The van der Waals surface area contributed by atoms with Crippen molar-refractivity contribution in [1.82, 2.24) is 24.5 Å². The summed E-state index contributed by atoms with van der Waals surface area (Å²) in [6.07, 6.45) is 8.72. The third-order valence-corrected chi connectivity index (χ3v) is 6.68. The molecule has 0 radical (unpaired) electrons. The van der Waals surface area contributed by atoms with Crippen LogP contribution in [0.3, 0.4) is 0 Å². The largest absolute Gasteiger partial charge is 0.494 e. The van der Waals surface area contributed by atoms with E-state index < -0.39 is 0 Å². The molecule has 5 rings (SSSR count).